The third kappa shape index (κ3) is 13.5. The first-order valence-corrected chi connectivity index (χ1v) is 17.9. The zero-order valence-electron chi connectivity index (χ0n) is 29.2. The molecule has 3 amide bonds. The van der Waals surface area contributed by atoms with Gasteiger partial charge in [-0.15, -0.1) is 0 Å². The molecule has 21 heteroatoms. The zero-order valence-corrected chi connectivity index (χ0v) is 30.0. The van der Waals surface area contributed by atoms with Crippen LogP contribution in [0.3, 0.4) is 0 Å². The van der Waals surface area contributed by atoms with E-state index in [2.05, 4.69) is 10.6 Å². The molecular formula is C32H45N3O17S. The number of aliphatic carboxylic acids is 1. The number of carboxylic acids is 1. The standard InChI is InChI=1S/C32H45N3O17S/c1-32(2,3)31(44)50-16-18-6-7-19(51-30-26(40)24(38)25(39)27(52-30)29(42)43)15-21(18)49-14-13-48-12-9-33-28(41)20(17-53(45,46)47)34-22(36)8-11-35-10-4-5-23(35)37/h4-7,15,20,24-27,30,38-40H,8-14,16-17H2,1-3H3,(H,33,41)(H,34,36)(H,42,43)(H,45,46,47)/t20?,24-,25-,26+,27-,30+/m0/s1. The number of rotatable bonds is 19. The fourth-order valence-electron chi connectivity index (χ4n) is 4.76. The Morgan fingerprint density at radius 1 is 1.06 bits per heavy atom. The Kier molecular flexibility index (Phi) is 15.5. The first kappa shape index (κ1) is 43.0. The molecule has 2 aliphatic rings. The quantitative estimate of drug-likeness (QED) is 0.0442. The third-order valence-corrected chi connectivity index (χ3v) is 8.40. The predicted octanol–water partition coefficient (Wildman–Crippen LogP) is -2.28. The van der Waals surface area contributed by atoms with Gasteiger partial charge >= 0.3 is 11.9 Å². The van der Waals surface area contributed by atoms with Gasteiger partial charge in [-0.3, -0.25) is 23.7 Å². The van der Waals surface area contributed by atoms with Gasteiger partial charge in [0.2, 0.25) is 24.0 Å². The molecule has 3 rings (SSSR count). The number of carbonyl (C=O) groups excluding carboxylic acids is 4. The summed E-state index contributed by atoms with van der Waals surface area (Å²) in [5.41, 5.74) is -0.430. The molecule has 1 fully saturated rings. The largest absolute Gasteiger partial charge is 0.491 e. The number of nitrogens with one attached hydrogen (secondary N) is 2. The van der Waals surface area contributed by atoms with Crippen LogP contribution < -0.4 is 20.1 Å². The van der Waals surface area contributed by atoms with Crippen LogP contribution in [0.15, 0.2) is 30.4 Å². The number of aliphatic hydroxyl groups excluding tert-OH is 3. The molecule has 2 aliphatic heterocycles. The molecule has 0 bridgehead atoms. The molecule has 53 heavy (non-hydrogen) atoms. The van der Waals surface area contributed by atoms with Crippen molar-refractivity contribution in [3.05, 3.63) is 35.9 Å². The normalized spacial score (nSPS) is 22.2. The van der Waals surface area contributed by atoms with E-state index in [1.807, 2.05) is 0 Å². The van der Waals surface area contributed by atoms with Crippen molar-refractivity contribution in [1.82, 2.24) is 15.5 Å². The molecule has 0 saturated carbocycles. The van der Waals surface area contributed by atoms with Crippen LogP contribution in [0.2, 0.25) is 0 Å². The number of amides is 3. The second-order valence-electron chi connectivity index (χ2n) is 13.0. The van der Waals surface area contributed by atoms with Crippen molar-refractivity contribution in [3.8, 4) is 11.5 Å². The maximum atomic E-state index is 12.6. The summed E-state index contributed by atoms with van der Waals surface area (Å²) in [5.74, 6) is -5.00. The minimum Gasteiger partial charge on any atom is -0.491 e. The fourth-order valence-corrected chi connectivity index (χ4v) is 5.42. The van der Waals surface area contributed by atoms with Crippen molar-refractivity contribution in [1.29, 1.82) is 0 Å². The summed E-state index contributed by atoms with van der Waals surface area (Å²) in [4.78, 5) is 61.9. The smallest absolute Gasteiger partial charge is 0.335 e. The van der Waals surface area contributed by atoms with Crippen LogP contribution in [-0.4, -0.2) is 150 Å². The topological polar surface area (TPSA) is 294 Å². The van der Waals surface area contributed by atoms with Gasteiger partial charge in [-0.05, 0) is 32.9 Å². The number of hydrogen-bond donors (Lipinski definition) is 7. The Labute approximate surface area is 304 Å². The number of carboxylic acid groups (broad SMARTS) is 1. The number of carbonyl (C=O) groups is 5. The molecule has 1 aromatic rings. The van der Waals surface area contributed by atoms with E-state index in [1.54, 1.807) is 26.8 Å². The Bertz CT molecular complexity index is 1610. The number of nitrogens with zero attached hydrogens (tertiary/aromatic N) is 1. The highest BCUT2D eigenvalue weighted by Crippen LogP contribution is 2.30. The Hall–Kier alpha value is -4.38. The number of ether oxygens (including phenoxy) is 5. The highest BCUT2D eigenvalue weighted by atomic mass is 32.2. The molecule has 20 nitrogen and oxygen atoms in total. The van der Waals surface area contributed by atoms with E-state index in [1.165, 1.54) is 29.2 Å². The monoisotopic (exact) mass is 775 g/mol. The first-order valence-electron chi connectivity index (χ1n) is 16.3. The average Bonchev–Trinajstić information content (AvgIpc) is 3.49. The van der Waals surface area contributed by atoms with Crippen molar-refractivity contribution >= 4 is 39.8 Å². The van der Waals surface area contributed by atoms with Crippen LogP contribution in [0.25, 0.3) is 0 Å². The van der Waals surface area contributed by atoms with Crippen molar-refractivity contribution in [2.24, 2.45) is 5.41 Å². The van der Waals surface area contributed by atoms with Crippen LogP contribution in [0, 0.1) is 5.41 Å². The van der Waals surface area contributed by atoms with Crippen molar-refractivity contribution in [3.63, 3.8) is 0 Å². The van der Waals surface area contributed by atoms with Crippen molar-refractivity contribution in [2.45, 2.75) is 70.5 Å². The van der Waals surface area contributed by atoms with E-state index in [9.17, 15) is 57.4 Å². The molecule has 0 radical (unpaired) electrons. The first-order chi connectivity index (χ1) is 24.8. The highest BCUT2D eigenvalue weighted by Gasteiger charge is 2.48. The van der Waals surface area contributed by atoms with Crippen molar-refractivity contribution in [2.75, 3.05) is 45.2 Å². The van der Waals surface area contributed by atoms with Gasteiger partial charge in [0.05, 0.1) is 18.6 Å². The summed E-state index contributed by atoms with van der Waals surface area (Å²) in [7, 11) is -4.67. The highest BCUT2D eigenvalue weighted by molar-refractivity contribution is 7.85. The van der Waals surface area contributed by atoms with E-state index >= 15 is 0 Å². The molecule has 1 aromatic carbocycles. The van der Waals surface area contributed by atoms with E-state index in [0.29, 0.717) is 12.1 Å². The van der Waals surface area contributed by atoms with Crippen molar-refractivity contribution < 1.29 is 81.1 Å². The molecule has 0 aromatic heterocycles. The molecule has 296 valence electrons. The predicted molar refractivity (Wildman–Crippen MR) is 179 cm³/mol. The minimum atomic E-state index is -4.67. The van der Waals surface area contributed by atoms with Gasteiger partial charge in [-0.2, -0.15) is 8.42 Å². The zero-order chi connectivity index (χ0) is 39.5. The molecular weight excluding hydrogens is 730 g/mol. The van der Waals surface area contributed by atoms with Gasteiger partial charge in [0.15, 0.2) is 6.10 Å². The van der Waals surface area contributed by atoms with E-state index < -0.39 is 81.8 Å². The molecule has 1 unspecified atom stereocenters. The Morgan fingerprint density at radius 3 is 2.40 bits per heavy atom. The number of hydrogen-bond acceptors (Lipinski definition) is 15. The lowest BCUT2D eigenvalue weighted by Gasteiger charge is -2.38. The molecule has 0 aliphatic carbocycles. The Morgan fingerprint density at radius 2 is 1.77 bits per heavy atom. The van der Waals surface area contributed by atoms with Crippen LogP contribution in [-0.2, 0) is 54.9 Å². The Balaban J connectivity index is 1.55. The molecule has 0 spiro atoms. The molecule has 1 saturated heterocycles. The van der Waals surface area contributed by atoms with Crippen LogP contribution >= 0.6 is 0 Å². The average molecular weight is 776 g/mol. The second-order valence-corrected chi connectivity index (χ2v) is 14.5. The van der Waals surface area contributed by atoms with Gasteiger partial charge in [0, 0.05) is 43.8 Å². The van der Waals surface area contributed by atoms with Gasteiger partial charge in [-0.25, -0.2) is 4.79 Å². The van der Waals surface area contributed by atoms with Crippen LogP contribution in [0.5, 0.6) is 11.5 Å². The second kappa shape index (κ2) is 19.1. The summed E-state index contributed by atoms with van der Waals surface area (Å²) in [6, 6.07) is 2.56. The number of esters is 1. The summed E-state index contributed by atoms with van der Waals surface area (Å²) in [6.45, 7) is 4.72. The number of aliphatic hydroxyl groups is 3. The lowest BCUT2D eigenvalue weighted by molar-refractivity contribution is -0.271. The van der Waals surface area contributed by atoms with E-state index in [0.717, 1.165) is 0 Å². The van der Waals surface area contributed by atoms with Crippen LogP contribution in [0.4, 0.5) is 0 Å². The molecule has 6 atom stereocenters. The maximum Gasteiger partial charge on any atom is 0.335 e. The lowest BCUT2D eigenvalue weighted by Crippen LogP contribution is -2.61. The summed E-state index contributed by atoms with van der Waals surface area (Å²) in [6.07, 6.45) is -6.49. The van der Waals surface area contributed by atoms with Gasteiger partial charge in [-0.1, -0.05) is 6.08 Å². The number of benzene rings is 1. The van der Waals surface area contributed by atoms with Gasteiger partial charge in [0.1, 0.15) is 54.8 Å². The maximum absolute atomic E-state index is 12.6. The van der Waals surface area contributed by atoms with E-state index in [-0.39, 0.29) is 63.3 Å². The molecule has 7 N–H and O–H groups in total. The summed E-state index contributed by atoms with van der Waals surface area (Å²) in [5, 5.41) is 44.3. The summed E-state index contributed by atoms with van der Waals surface area (Å²) >= 11 is 0. The SMILES string of the molecule is CC(C)(C)C(=O)OCc1ccc(O[C@@H]2O[C@H](C(=O)O)[C@@H](O)[C@H](O)[C@H]2O)cc1OCCOCCNC(=O)C(CS(=O)(=O)O)NC(=O)CCN1CC=CC1=O. The third-order valence-electron chi connectivity index (χ3n) is 7.64. The summed E-state index contributed by atoms with van der Waals surface area (Å²) < 4.78 is 59.6. The van der Waals surface area contributed by atoms with Crippen LogP contribution in [0.1, 0.15) is 32.8 Å². The molecule has 2 heterocycles. The lowest BCUT2D eigenvalue weighted by atomic mass is 9.97. The minimum absolute atomic E-state index is 0.0145. The fraction of sp³-hybridized carbons (Fsp3) is 0.594. The van der Waals surface area contributed by atoms with Gasteiger partial charge < -0.3 is 59.6 Å². The van der Waals surface area contributed by atoms with Gasteiger partial charge in [0.25, 0.3) is 10.1 Å². The van der Waals surface area contributed by atoms with E-state index in [4.69, 9.17) is 23.7 Å².